The number of sulfonamides is 1. The molecule has 4 aromatic rings. The molecule has 0 saturated heterocycles. The minimum absolute atomic E-state index is 0.0965. The first-order valence-corrected chi connectivity index (χ1v) is 14.1. The molecule has 1 N–H and O–H groups in total. The van der Waals surface area contributed by atoms with Crippen molar-refractivity contribution in [2.45, 2.75) is 24.8 Å². The van der Waals surface area contributed by atoms with Crippen molar-refractivity contribution in [2.75, 3.05) is 10.8 Å². The molecule has 4 rings (SSSR count). The van der Waals surface area contributed by atoms with Gasteiger partial charge in [-0.3, -0.25) is 9.10 Å². The molecule has 0 unspecified atom stereocenters. The average molecular weight is 562 g/mol. The van der Waals surface area contributed by atoms with Crippen molar-refractivity contribution < 1.29 is 17.9 Å². The van der Waals surface area contributed by atoms with Crippen LogP contribution >= 0.6 is 11.6 Å². The molecule has 0 aliphatic carbocycles. The number of nitrogens with zero attached hydrogens (tertiary/aromatic N) is 2. The maximum atomic E-state index is 13.4. The number of amides is 1. The lowest BCUT2D eigenvalue weighted by Gasteiger charge is -2.24. The molecule has 0 aromatic heterocycles. The quantitative estimate of drug-likeness (QED) is 0.184. The van der Waals surface area contributed by atoms with Gasteiger partial charge < -0.3 is 4.74 Å². The molecule has 200 valence electrons. The zero-order valence-corrected chi connectivity index (χ0v) is 22.9. The molecule has 0 aliphatic rings. The second-order valence-electron chi connectivity index (χ2n) is 8.62. The molecule has 0 saturated carbocycles. The van der Waals surface area contributed by atoms with Crippen LogP contribution in [-0.4, -0.2) is 27.1 Å². The molecule has 7 nitrogen and oxygen atoms in total. The zero-order chi connectivity index (χ0) is 27.7. The predicted octanol–water partition coefficient (Wildman–Crippen LogP) is 5.83. The minimum atomic E-state index is -3.98. The van der Waals surface area contributed by atoms with Crippen LogP contribution in [0.4, 0.5) is 5.69 Å². The molecule has 0 aliphatic heterocycles. The van der Waals surface area contributed by atoms with E-state index in [0.717, 1.165) is 27.4 Å². The molecule has 0 spiro atoms. The summed E-state index contributed by atoms with van der Waals surface area (Å²) in [6.07, 6.45) is 2.29. The Balaban J connectivity index is 1.39. The Bertz CT molecular complexity index is 1510. The van der Waals surface area contributed by atoms with Crippen molar-refractivity contribution in [2.24, 2.45) is 5.10 Å². The first-order chi connectivity index (χ1) is 18.8. The van der Waals surface area contributed by atoms with Crippen LogP contribution in [0.25, 0.3) is 0 Å². The van der Waals surface area contributed by atoms with Gasteiger partial charge >= 0.3 is 0 Å². The number of hydrogen-bond acceptors (Lipinski definition) is 5. The van der Waals surface area contributed by atoms with E-state index in [4.69, 9.17) is 16.3 Å². The molecule has 0 atom stereocenters. The molecule has 0 radical (unpaired) electrons. The van der Waals surface area contributed by atoms with Crippen LogP contribution in [-0.2, 0) is 27.8 Å². The predicted molar refractivity (Wildman–Crippen MR) is 155 cm³/mol. The fourth-order valence-corrected chi connectivity index (χ4v) is 5.24. The Kier molecular flexibility index (Phi) is 9.35. The number of hydrazone groups is 1. The highest BCUT2D eigenvalue weighted by atomic mass is 35.5. The number of anilines is 1. The monoisotopic (exact) mass is 561 g/mol. The lowest BCUT2D eigenvalue weighted by Crippen LogP contribution is -2.39. The number of aryl methyl sites for hydroxylation is 1. The SMILES string of the molecule is CCc1ccc(N(CC(=O)N/N=C\c2ccc(OCc3ccc(Cl)cc3)cc2)S(=O)(=O)c2ccccc2)cc1. The van der Waals surface area contributed by atoms with Crippen LogP contribution in [0.1, 0.15) is 23.6 Å². The van der Waals surface area contributed by atoms with Crippen molar-refractivity contribution in [3.63, 3.8) is 0 Å². The smallest absolute Gasteiger partial charge is 0.264 e. The molecule has 1 amide bonds. The highest BCUT2D eigenvalue weighted by Gasteiger charge is 2.27. The third kappa shape index (κ3) is 7.69. The van der Waals surface area contributed by atoms with Gasteiger partial charge in [-0.05, 0) is 83.8 Å². The van der Waals surface area contributed by atoms with Gasteiger partial charge in [0.1, 0.15) is 18.9 Å². The van der Waals surface area contributed by atoms with E-state index in [-0.39, 0.29) is 4.90 Å². The first kappa shape index (κ1) is 27.9. The van der Waals surface area contributed by atoms with E-state index in [1.165, 1.54) is 18.3 Å². The van der Waals surface area contributed by atoms with E-state index in [1.54, 1.807) is 54.6 Å². The van der Waals surface area contributed by atoms with Crippen LogP contribution in [0.15, 0.2) is 113 Å². The van der Waals surface area contributed by atoms with Crippen LogP contribution in [0, 0.1) is 0 Å². The highest BCUT2D eigenvalue weighted by molar-refractivity contribution is 7.92. The summed E-state index contributed by atoms with van der Waals surface area (Å²) in [6.45, 7) is 1.99. The van der Waals surface area contributed by atoms with Gasteiger partial charge in [0.05, 0.1) is 16.8 Å². The maximum absolute atomic E-state index is 13.4. The normalized spacial score (nSPS) is 11.3. The standard InChI is InChI=1S/C30H28ClN3O4S/c1-2-23-10-16-27(17-11-23)34(39(36,37)29-6-4-3-5-7-29)21-30(35)33-32-20-24-12-18-28(19-13-24)38-22-25-8-14-26(31)15-9-25/h3-20H,2,21-22H2,1H3,(H,33,35)/b32-20-. The van der Waals surface area contributed by atoms with Crippen LogP contribution in [0.2, 0.25) is 5.02 Å². The second-order valence-corrected chi connectivity index (χ2v) is 10.9. The Labute approximate surface area is 233 Å². The summed E-state index contributed by atoms with van der Waals surface area (Å²) >= 11 is 5.91. The molecular weight excluding hydrogens is 534 g/mol. The third-order valence-corrected chi connectivity index (χ3v) is 7.89. The summed E-state index contributed by atoms with van der Waals surface area (Å²) in [5.41, 5.74) is 5.61. The van der Waals surface area contributed by atoms with Gasteiger partial charge in [-0.1, -0.05) is 61.0 Å². The second kappa shape index (κ2) is 13.1. The van der Waals surface area contributed by atoms with Gasteiger partial charge in [0.25, 0.3) is 15.9 Å². The van der Waals surface area contributed by atoms with E-state index in [0.29, 0.717) is 23.1 Å². The first-order valence-electron chi connectivity index (χ1n) is 12.3. The Morgan fingerprint density at radius 3 is 2.18 bits per heavy atom. The van der Waals surface area contributed by atoms with E-state index >= 15 is 0 Å². The molecule has 4 aromatic carbocycles. The summed E-state index contributed by atoms with van der Waals surface area (Å²) in [4.78, 5) is 12.9. The van der Waals surface area contributed by atoms with Crippen LogP contribution in [0.3, 0.4) is 0 Å². The topological polar surface area (TPSA) is 88.1 Å². The van der Waals surface area contributed by atoms with E-state index < -0.39 is 22.5 Å². The van der Waals surface area contributed by atoms with E-state index in [9.17, 15) is 13.2 Å². The fourth-order valence-electron chi connectivity index (χ4n) is 3.67. The molecule has 0 fully saturated rings. The number of carbonyl (C=O) groups is 1. The largest absolute Gasteiger partial charge is 0.489 e. The molecular formula is C30H28ClN3O4S. The number of nitrogens with one attached hydrogen (secondary N) is 1. The zero-order valence-electron chi connectivity index (χ0n) is 21.3. The van der Waals surface area contributed by atoms with Crippen molar-refractivity contribution >= 4 is 39.4 Å². The highest BCUT2D eigenvalue weighted by Crippen LogP contribution is 2.24. The van der Waals surface area contributed by atoms with Gasteiger partial charge in [0, 0.05) is 5.02 Å². The van der Waals surface area contributed by atoms with Gasteiger partial charge in [-0.15, -0.1) is 0 Å². The molecule has 39 heavy (non-hydrogen) atoms. The summed E-state index contributed by atoms with van der Waals surface area (Å²) in [5, 5.41) is 4.67. The molecule has 0 heterocycles. The van der Waals surface area contributed by atoms with Gasteiger partial charge in [-0.25, -0.2) is 13.8 Å². The summed E-state index contributed by atoms with van der Waals surface area (Å²) < 4.78 is 33.7. The third-order valence-electron chi connectivity index (χ3n) is 5.85. The molecule has 0 bridgehead atoms. The maximum Gasteiger partial charge on any atom is 0.264 e. The van der Waals surface area contributed by atoms with E-state index in [2.05, 4.69) is 10.5 Å². The van der Waals surface area contributed by atoms with E-state index in [1.807, 2.05) is 43.3 Å². The van der Waals surface area contributed by atoms with Gasteiger partial charge in [0.2, 0.25) is 0 Å². The summed E-state index contributed by atoms with van der Waals surface area (Å²) in [6, 6.07) is 29.7. The number of carbonyl (C=O) groups excluding carboxylic acids is 1. The average Bonchev–Trinajstić information content (AvgIpc) is 2.97. The van der Waals surface area contributed by atoms with Crippen molar-refractivity contribution in [1.82, 2.24) is 5.43 Å². The fraction of sp³-hybridized carbons (Fsp3) is 0.133. The lowest BCUT2D eigenvalue weighted by molar-refractivity contribution is -0.119. The van der Waals surface area contributed by atoms with Crippen LogP contribution in [0.5, 0.6) is 5.75 Å². The Hall–Kier alpha value is -4.14. The van der Waals surface area contributed by atoms with Crippen molar-refractivity contribution in [3.8, 4) is 5.75 Å². The number of halogens is 1. The van der Waals surface area contributed by atoms with Crippen LogP contribution < -0.4 is 14.5 Å². The van der Waals surface area contributed by atoms with Crippen molar-refractivity contribution in [1.29, 1.82) is 0 Å². The molecule has 9 heteroatoms. The van der Waals surface area contributed by atoms with Crippen molar-refractivity contribution in [3.05, 3.63) is 125 Å². The summed E-state index contributed by atoms with van der Waals surface area (Å²) in [5.74, 6) is 0.107. The minimum Gasteiger partial charge on any atom is -0.489 e. The summed E-state index contributed by atoms with van der Waals surface area (Å²) in [7, 11) is -3.98. The van der Waals surface area contributed by atoms with Gasteiger partial charge in [-0.2, -0.15) is 5.10 Å². The van der Waals surface area contributed by atoms with Gasteiger partial charge in [0.15, 0.2) is 0 Å². The number of rotatable bonds is 11. The Morgan fingerprint density at radius 1 is 0.897 bits per heavy atom. The number of ether oxygens (including phenoxy) is 1. The Morgan fingerprint density at radius 2 is 1.54 bits per heavy atom. The lowest BCUT2D eigenvalue weighted by atomic mass is 10.1. The number of hydrogen-bond donors (Lipinski definition) is 1. The number of benzene rings is 4.